The van der Waals surface area contributed by atoms with Crippen molar-refractivity contribution in [3.63, 3.8) is 0 Å². The van der Waals surface area contributed by atoms with E-state index in [4.69, 9.17) is 5.11 Å². The van der Waals surface area contributed by atoms with Crippen molar-refractivity contribution in [2.75, 3.05) is 13.1 Å². The number of hydrogen-bond acceptors (Lipinski definition) is 2. The number of benzene rings is 1. The van der Waals surface area contributed by atoms with Crippen molar-refractivity contribution in [1.29, 1.82) is 0 Å². The topological polar surface area (TPSA) is 40.5 Å². The second-order valence-electron chi connectivity index (χ2n) is 4.98. The highest BCUT2D eigenvalue weighted by Crippen LogP contribution is 2.29. The van der Waals surface area contributed by atoms with Crippen molar-refractivity contribution in [2.45, 2.75) is 25.8 Å². The molecule has 1 aromatic rings. The van der Waals surface area contributed by atoms with Crippen molar-refractivity contribution < 1.29 is 9.90 Å². The fourth-order valence-electron chi connectivity index (χ4n) is 2.58. The Bertz CT molecular complexity index is 418. The van der Waals surface area contributed by atoms with Gasteiger partial charge in [-0.2, -0.15) is 0 Å². The summed E-state index contributed by atoms with van der Waals surface area (Å²) < 4.78 is 1.09. The van der Waals surface area contributed by atoms with Crippen molar-refractivity contribution in [3.8, 4) is 0 Å². The van der Waals surface area contributed by atoms with Gasteiger partial charge in [-0.05, 0) is 43.5 Å². The normalized spacial score (nSPS) is 22.0. The maximum absolute atomic E-state index is 10.7. The van der Waals surface area contributed by atoms with Gasteiger partial charge in [0.05, 0.1) is 0 Å². The Labute approximate surface area is 116 Å². The summed E-state index contributed by atoms with van der Waals surface area (Å²) in [5, 5.41) is 8.82. The smallest absolute Gasteiger partial charge is 0.303 e. The first-order valence-corrected chi connectivity index (χ1v) is 7.07. The number of carboxylic acids is 1. The minimum Gasteiger partial charge on any atom is -0.481 e. The standard InChI is InChI=1S/C14H18BrNO2/c1-10(12-2-4-13(15)5-3-12)16-7-6-11(9-16)8-14(17)18/h2-5,10-11H,6-9H2,1H3,(H,17,18). The minimum absolute atomic E-state index is 0.295. The van der Waals surface area contributed by atoms with Crippen LogP contribution in [0.3, 0.4) is 0 Å². The van der Waals surface area contributed by atoms with E-state index in [2.05, 4.69) is 52.0 Å². The zero-order valence-corrected chi connectivity index (χ0v) is 12.1. The van der Waals surface area contributed by atoms with Crippen LogP contribution in [0.4, 0.5) is 0 Å². The summed E-state index contributed by atoms with van der Waals surface area (Å²) in [6.07, 6.45) is 1.29. The van der Waals surface area contributed by atoms with Gasteiger partial charge in [0.15, 0.2) is 0 Å². The van der Waals surface area contributed by atoms with E-state index in [9.17, 15) is 4.79 Å². The first kappa shape index (κ1) is 13.6. The van der Waals surface area contributed by atoms with E-state index >= 15 is 0 Å². The lowest BCUT2D eigenvalue weighted by molar-refractivity contribution is -0.138. The van der Waals surface area contributed by atoms with Gasteiger partial charge in [0.2, 0.25) is 0 Å². The lowest BCUT2D eigenvalue weighted by Crippen LogP contribution is -2.24. The predicted octanol–water partition coefficient (Wildman–Crippen LogP) is 3.31. The molecule has 1 N–H and O–H groups in total. The van der Waals surface area contributed by atoms with E-state index in [1.807, 2.05) is 0 Å². The first-order chi connectivity index (χ1) is 8.56. The molecule has 2 unspecified atom stereocenters. The molecule has 0 radical (unpaired) electrons. The number of likely N-dealkylation sites (tertiary alicyclic amines) is 1. The summed E-state index contributed by atoms with van der Waals surface area (Å²) in [6, 6.07) is 8.71. The Morgan fingerprint density at radius 2 is 2.17 bits per heavy atom. The zero-order valence-electron chi connectivity index (χ0n) is 10.5. The molecule has 2 atom stereocenters. The van der Waals surface area contributed by atoms with E-state index in [0.29, 0.717) is 18.4 Å². The molecule has 2 rings (SSSR count). The third kappa shape index (κ3) is 3.33. The quantitative estimate of drug-likeness (QED) is 0.927. The zero-order chi connectivity index (χ0) is 13.1. The maximum atomic E-state index is 10.7. The molecule has 1 aromatic carbocycles. The van der Waals surface area contributed by atoms with Crippen LogP contribution in [-0.2, 0) is 4.79 Å². The number of hydrogen-bond donors (Lipinski definition) is 1. The van der Waals surface area contributed by atoms with Crippen LogP contribution in [0.15, 0.2) is 28.7 Å². The molecule has 1 saturated heterocycles. The van der Waals surface area contributed by atoms with E-state index in [0.717, 1.165) is 24.0 Å². The van der Waals surface area contributed by atoms with Crippen molar-refractivity contribution in [1.82, 2.24) is 4.90 Å². The van der Waals surface area contributed by atoms with Crippen LogP contribution in [-0.4, -0.2) is 29.1 Å². The van der Waals surface area contributed by atoms with Gasteiger partial charge in [-0.1, -0.05) is 28.1 Å². The van der Waals surface area contributed by atoms with Gasteiger partial charge in [0.25, 0.3) is 0 Å². The fraction of sp³-hybridized carbons (Fsp3) is 0.500. The summed E-state index contributed by atoms with van der Waals surface area (Å²) in [6.45, 7) is 4.07. The van der Waals surface area contributed by atoms with E-state index in [1.165, 1.54) is 5.56 Å². The maximum Gasteiger partial charge on any atom is 0.303 e. The Hall–Kier alpha value is -0.870. The first-order valence-electron chi connectivity index (χ1n) is 6.27. The monoisotopic (exact) mass is 311 g/mol. The van der Waals surface area contributed by atoms with Gasteiger partial charge in [-0.3, -0.25) is 9.69 Å². The molecule has 1 aliphatic heterocycles. The molecule has 0 amide bonds. The number of rotatable bonds is 4. The third-order valence-electron chi connectivity index (χ3n) is 3.68. The Balaban J connectivity index is 1.96. The van der Waals surface area contributed by atoms with Crippen LogP contribution in [0.25, 0.3) is 0 Å². The van der Waals surface area contributed by atoms with E-state index < -0.39 is 5.97 Å². The van der Waals surface area contributed by atoms with Crippen molar-refractivity contribution >= 4 is 21.9 Å². The summed E-state index contributed by atoms with van der Waals surface area (Å²) in [7, 11) is 0. The molecule has 0 aromatic heterocycles. The largest absolute Gasteiger partial charge is 0.481 e. The summed E-state index contributed by atoms with van der Waals surface area (Å²) in [5.74, 6) is -0.376. The molecule has 0 spiro atoms. The van der Waals surface area contributed by atoms with Crippen LogP contribution < -0.4 is 0 Å². The minimum atomic E-state index is -0.682. The molecule has 3 nitrogen and oxygen atoms in total. The van der Waals surface area contributed by atoms with Crippen LogP contribution >= 0.6 is 15.9 Å². The molecular weight excluding hydrogens is 294 g/mol. The summed E-state index contributed by atoms with van der Waals surface area (Å²) in [5.41, 5.74) is 1.29. The number of carboxylic acid groups (broad SMARTS) is 1. The van der Waals surface area contributed by atoms with E-state index in [-0.39, 0.29) is 0 Å². The highest BCUT2D eigenvalue weighted by molar-refractivity contribution is 9.10. The number of carbonyl (C=O) groups is 1. The SMILES string of the molecule is CC(c1ccc(Br)cc1)N1CCC(CC(=O)O)C1. The fourth-order valence-corrected chi connectivity index (χ4v) is 2.84. The molecular formula is C14H18BrNO2. The second kappa shape index (κ2) is 5.85. The van der Waals surface area contributed by atoms with Gasteiger partial charge >= 0.3 is 5.97 Å². The van der Waals surface area contributed by atoms with Gasteiger partial charge in [0.1, 0.15) is 0 Å². The van der Waals surface area contributed by atoms with Gasteiger partial charge < -0.3 is 5.11 Å². The summed E-state index contributed by atoms with van der Waals surface area (Å²) >= 11 is 3.44. The third-order valence-corrected chi connectivity index (χ3v) is 4.21. The molecule has 18 heavy (non-hydrogen) atoms. The lowest BCUT2D eigenvalue weighted by atomic mass is 10.1. The molecule has 1 aliphatic rings. The van der Waals surface area contributed by atoms with Crippen LogP contribution in [0.2, 0.25) is 0 Å². The Morgan fingerprint density at radius 3 is 2.78 bits per heavy atom. The van der Waals surface area contributed by atoms with Crippen LogP contribution in [0, 0.1) is 5.92 Å². The molecule has 98 valence electrons. The van der Waals surface area contributed by atoms with Crippen LogP contribution in [0.1, 0.15) is 31.4 Å². The molecule has 0 bridgehead atoms. The van der Waals surface area contributed by atoms with Gasteiger partial charge in [-0.25, -0.2) is 0 Å². The lowest BCUT2D eigenvalue weighted by Gasteiger charge is -2.24. The number of nitrogens with zero attached hydrogens (tertiary/aromatic N) is 1. The van der Waals surface area contributed by atoms with Gasteiger partial charge in [-0.15, -0.1) is 0 Å². The van der Waals surface area contributed by atoms with Crippen molar-refractivity contribution in [2.24, 2.45) is 5.92 Å². The molecule has 0 aliphatic carbocycles. The van der Waals surface area contributed by atoms with E-state index in [1.54, 1.807) is 0 Å². The Morgan fingerprint density at radius 1 is 1.50 bits per heavy atom. The molecule has 1 fully saturated rings. The van der Waals surface area contributed by atoms with Crippen molar-refractivity contribution in [3.05, 3.63) is 34.3 Å². The highest BCUT2D eigenvalue weighted by atomic mass is 79.9. The number of halogens is 1. The Kier molecular flexibility index (Phi) is 4.40. The summed E-state index contributed by atoms with van der Waals surface area (Å²) in [4.78, 5) is 13.1. The number of aliphatic carboxylic acids is 1. The second-order valence-corrected chi connectivity index (χ2v) is 5.89. The molecule has 4 heteroatoms. The molecule has 0 saturated carbocycles. The highest BCUT2D eigenvalue weighted by Gasteiger charge is 2.27. The molecule has 1 heterocycles. The average molecular weight is 312 g/mol. The van der Waals surface area contributed by atoms with Crippen LogP contribution in [0.5, 0.6) is 0 Å². The average Bonchev–Trinajstić information content (AvgIpc) is 2.76. The van der Waals surface area contributed by atoms with Gasteiger partial charge in [0, 0.05) is 23.5 Å². The predicted molar refractivity (Wildman–Crippen MR) is 74.5 cm³/mol.